The zero-order valence-corrected chi connectivity index (χ0v) is 23.7. The second-order valence-corrected chi connectivity index (χ2v) is 10.3. The quantitative estimate of drug-likeness (QED) is 0.312. The van der Waals surface area contributed by atoms with Gasteiger partial charge < -0.3 is 28.8 Å². The molecule has 1 aliphatic heterocycles. The minimum absolute atomic E-state index is 0.0153. The molecule has 0 unspecified atom stereocenters. The Balaban J connectivity index is 1.87. The van der Waals surface area contributed by atoms with Crippen LogP contribution in [0.5, 0.6) is 23.0 Å². The van der Waals surface area contributed by atoms with Crippen molar-refractivity contribution < 1.29 is 43.2 Å². The number of aliphatic hydroxyl groups excluding tert-OH is 1. The zero-order chi connectivity index (χ0) is 29.4. The number of hydrogen-bond donors (Lipinski definition) is 1. The van der Waals surface area contributed by atoms with E-state index in [0.717, 1.165) is 5.57 Å². The molecule has 2 aromatic rings. The van der Waals surface area contributed by atoms with Crippen molar-refractivity contribution in [2.24, 2.45) is 5.92 Å². The molecule has 0 saturated heterocycles. The molecule has 212 valence electrons. The summed E-state index contributed by atoms with van der Waals surface area (Å²) in [5.41, 5.74) is -0.668. The van der Waals surface area contributed by atoms with Crippen LogP contribution < -0.4 is 18.9 Å². The van der Waals surface area contributed by atoms with Crippen molar-refractivity contribution in [3.05, 3.63) is 70.0 Å². The summed E-state index contributed by atoms with van der Waals surface area (Å²) in [7, 11) is 4.02. The highest BCUT2D eigenvalue weighted by atomic mass is 35.5. The lowest BCUT2D eigenvalue weighted by molar-refractivity contribution is -0.140. The first-order chi connectivity index (χ1) is 19.0. The van der Waals surface area contributed by atoms with Crippen LogP contribution in [0.3, 0.4) is 0 Å². The zero-order valence-electron chi connectivity index (χ0n) is 23.0. The highest BCUT2D eigenvalue weighted by Crippen LogP contribution is 2.55. The number of methoxy groups -OCH3 is 3. The number of aliphatic hydroxyl groups is 1. The lowest BCUT2D eigenvalue weighted by Gasteiger charge is -2.38. The van der Waals surface area contributed by atoms with Gasteiger partial charge in [0, 0.05) is 29.9 Å². The monoisotopic (exact) mass is 570 g/mol. The molecule has 3 atom stereocenters. The van der Waals surface area contributed by atoms with Crippen LogP contribution in [-0.4, -0.2) is 56.2 Å². The smallest absolute Gasteiger partial charge is 0.306 e. The Bertz CT molecular complexity index is 1410. The summed E-state index contributed by atoms with van der Waals surface area (Å²) in [5, 5.41) is 11.8. The summed E-state index contributed by atoms with van der Waals surface area (Å²) >= 11 is 6.52. The Hall–Kier alpha value is -3.98. The van der Waals surface area contributed by atoms with Gasteiger partial charge in [-0.2, -0.15) is 0 Å². The molecule has 0 aromatic heterocycles. The van der Waals surface area contributed by atoms with E-state index in [1.807, 2.05) is 6.92 Å². The maximum atomic E-state index is 14.1. The molecule has 1 aliphatic carbocycles. The highest BCUT2D eigenvalue weighted by Gasteiger charge is 2.61. The predicted octanol–water partition coefficient (Wildman–Crippen LogP) is 5.39. The Kier molecular flexibility index (Phi) is 8.16. The van der Waals surface area contributed by atoms with Crippen LogP contribution in [0.25, 0.3) is 0 Å². The Morgan fingerprint density at radius 1 is 1.18 bits per heavy atom. The molecule has 0 bridgehead atoms. The van der Waals surface area contributed by atoms with Gasteiger partial charge >= 0.3 is 5.97 Å². The van der Waals surface area contributed by atoms with Crippen molar-refractivity contribution in [1.82, 2.24) is 0 Å². The van der Waals surface area contributed by atoms with E-state index in [0.29, 0.717) is 17.9 Å². The van der Waals surface area contributed by atoms with Crippen molar-refractivity contribution in [2.45, 2.75) is 38.2 Å². The largest absolute Gasteiger partial charge is 0.507 e. The molecule has 40 heavy (non-hydrogen) atoms. The first-order valence-electron chi connectivity index (χ1n) is 12.6. The van der Waals surface area contributed by atoms with Crippen LogP contribution in [0.15, 0.2) is 53.8 Å². The topological polar surface area (TPSA) is 118 Å². The van der Waals surface area contributed by atoms with Crippen LogP contribution >= 0.6 is 11.6 Å². The fourth-order valence-electron chi connectivity index (χ4n) is 5.18. The van der Waals surface area contributed by atoms with Crippen molar-refractivity contribution >= 4 is 29.1 Å². The van der Waals surface area contributed by atoms with Crippen LogP contribution in [-0.2, 0) is 14.3 Å². The van der Waals surface area contributed by atoms with E-state index in [2.05, 4.69) is 6.58 Å². The van der Waals surface area contributed by atoms with Gasteiger partial charge in [0.2, 0.25) is 11.4 Å². The maximum absolute atomic E-state index is 14.1. The number of benzene rings is 2. The summed E-state index contributed by atoms with van der Waals surface area (Å²) in [6.07, 6.45) is -0.398. The molecule has 0 saturated carbocycles. The highest BCUT2D eigenvalue weighted by molar-refractivity contribution is 6.35. The number of halogens is 1. The van der Waals surface area contributed by atoms with Gasteiger partial charge in [-0.3, -0.25) is 14.4 Å². The summed E-state index contributed by atoms with van der Waals surface area (Å²) in [6.45, 7) is 7.61. The molecule has 4 rings (SSSR count). The van der Waals surface area contributed by atoms with Crippen molar-refractivity contribution in [1.29, 1.82) is 0 Å². The first-order valence-corrected chi connectivity index (χ1v) is 13.0. The Morgan fingerprint density at radius 3 is 2.40 bits per heavy atom. The fraction of sp³-hybridized carbons (Fsp3) is 0.367. The van der Waals surface area contributed by atoms with Gasteiger partial charge in [0.15, 0.2) is 17.3 Å². The number of carbonyl (C=O) groups excluding carboxylic acids is 3. The minimum Gasteiger partial charge on any atom is -0.507 e. The molecule has 0 fully saturated rings. The van der Waals surface area contributed by atoms with Gasteiger partial charge in [-0.05, 0) is 30.2 Å². The van der Waals surface area contributed by atoms with Gasteiger partial charge in [-0.1, -0.05) is 37.2 Å². The summed E-state index contributed by atoms with van der Waals surface area (Å²) in [5.74, 6) is -3.03. The average Bonchev–Trinajstić information content (AvgIpc) is 3.25. The van der Waals surface area contributed by atoms with Gasteiger partial charge in [0.25, 0.3) is 0 Å². The number of ether oxygens (including phenoxy) is 5. The molecule has 0 radical (unpaired) electrons. The van der Waals surface area contributed by atoms with Crippen LogP contribution in [0.4, 0.5) is 0 Å². The standard InChI is InChI=1S/C30H31ClO9/c1-15(2)14-39-18-9-7-17(8-10-18)19(12-23(33)38-6)24-20(32)11-16(3)30(28(24)34)29(35)25-21(36-4)13-22(37-5)26(31)27(25)40-30/h7-10,13,16,19,34H,1,11-12,14H2,2-6H3/t16-,19+,30+/m1/s1. The predicted molar refractivity (Wildman–Crippen MR) is 147 cm³/mol. The van der Waals surface area contributed by atoms with E-state index < -0.39 is 40.7 Å². The molecule has 10 heteroatoms. The number of hydrogen-bond acceptors (Lipinski definition) is 9. The Morgan fingerprint density at radius 2 is 1.82 bits per heavy atom. The minimum atomic E-state index is -1.96. The molecule has 2 aromatic carbocycles. The summed E-state index contributed by atoms with van der Waals surface area (Å²) in [6, 6.07) is 8.22. The average molecular weight is 571 g/mol. The van der Waals surface area contributed by atoms with Crippen molar-refractivity contribution in [3.63, 3.8) is 0 Å². The first kappa shape index (κ1) is 29.0. The van der Waals surface area contributed by atoms with E-state index in [1.54, 1.807) is 31.2 Å². The van der Waals surface area contributed by atoms with Gasteiger partial charge in [0.1, 0.15) is 34.4 Å². The van der Waals surface area contributed by atoms with Crippen LogP contribution in [0.2, 0.25) is 5.02 Å². The molecule has 1 spiro atoms. The molecular weight excluding hydrogens is 540 g/mol. The lowest BCUT2D eigenvalue weighted by atomic mass is 9.69. The van der Waals surface area contributed by atoms with Crippen molar-refractivity contribution in [2.75, 3.05) is 27.9 Å². The number of esters is 1. The molecule has 0 amide bonds. The number of Topliss-reactive ketones (excluding diaryl/α,β-unsaturated/α-hetero) is 2. The third-order valence-corrected chi connectivity index (χ3v) is 7.58. The number of rotatable bonds is 9. The molecule has 1 heterocycles. The lowest BCUT2D eigenvalue weighted by Crippen LogP contribution is -2.53. The van der Waals surface area contributed by atoms with E-state index >= 15 is 0 Å². The van der Waals surface area contributed by atoms with E-state index in [1.165, 1.54) is 27.4 Å². The van der Waals surface area contributed by atoms with Crippen LogP contribution in [0, 0.1) is 5.92 Å². The van der Waals surface area contributed by atoms with E-state index in [-0.39, 0.29) is 46.2 Å². The second-order valence-electron chi connectivity index (χ2n) is 9.90. The van der Waals surface area contributed by atoms with Crippen molar-refractivity contribution in [3.8, 4) is 23.0 Å². The van der Waals surface area contributed by atoms with E-state index in [9.17, 15) is 19.5 Å². The molecule has 9 nitrogen and oxygen atoms in total. The van der Waals surface area contributed by atoms with Crippen LogP contribution in [0.1, 0.15) is 48.5 Å². The molecular formula is C30H31ClO9. The SMILES string of the molecule is C=C(C)COc1ccc([C@H](CC(=O)OC)C2=C(O)[C@@]3(Oc4c(Cl)c(OC)cc(OC)c4C3=O)[C@H](C)CC2=O)cc1. The van der Waals surface area contributed by atoms with Gasteiger partial charge in [0.05, 0.1) is 27.8 Å². The number of carbonyl (C=O) groups is 3. The second kappa shape index (κ2) is 11.3. The third-order valence-electron chi connectivity index (χ3n) is 7.23. The number of allylic oxidation sites excluding steroid dienone is 1. The summed E-state index contributed by atoms with van der Waals surface area (Å²) in [4.78, 5) is 40.1. The third kappa shape index (κ3) is 4.79. The molecule has 1 N–H and O–H groups in total. The summed E-state index contributed by atoms with van der Waals surface area (Å²) < 4.78 is 27.5. The Labute approximate surface area is 237 Å². The molecule has 2 aliphatic rings. The number of fused-ring (bicyclic) bond motifs is 1. The van der Waals surface area contributed by atoms with E-state index in [4.69, 9.17) is 35.3 Å². The number of ketones is 2. The van der Waals surface area contributed by atoms with Gasteiger partial charge in [-0.15, -0.1) is 0 Å². The fourth-order valence-corrected chi connectivity index (χ4v) is 5.44. The maximum Gasteiger partial charge on any atom is 0.306 e. The van der Waals surface area contributed by atoms with Gasteiger partial charge in [-0.25, -0.2) is 0 Å². The normalized spacial score (nSPS) is 20.6.